The summed E-state index contributed by atoms with van der Waals surface area (Å²) in [4.78, 5) is 8.58. The highest BCUT2D eigenvalue weighted by Gasteiger charge is 2.06. The second-order valence-corrected chi connectivity index (χ2v) is 5.36. The smallest absolute Gasteiger partial charge is 0.122 e. The van der Waals surface area contributed by atoms with Crippen molar-refractivity contribution < 1.29 is 0 Å². The minimum Gasteiger partial charge on any atom is -0.328 e. The number of nitrogens with two attached hydrogens (primary N) is 1. The minimum atomic E-state index is 0. The summed E-state index contributed by atoms with van der Waals surface area (Å²) in [6.45, 7) is 1.03. The van der Waals surface area contributed by atoms with Crippen LogP contribution >= 0.6 is 35.6 Å². The van der Waals surface area contributed by atoms with Crippen molar-refractivity contribution in [1.82, 2.24) is 19.1 Å². The molecule has 0 aliphatic carbocycles. The van der Waals surface area contributed by atoms with Gasteiger partial charge in [0.1, 0.15) is 5.82 Å². The van der Waals surface area contributed by atoms with Crippen molar-refractivity contribution in [3.05, 3.63) is 64.7 Å². The molecule has 2 aromatic heterocycles. The fourth-order valence-electron chi connectivity index (χ4n) is 2.08. The van der Waals surface area contributed by atoms with E-state index in [9.17, 15) is 0 Å². The zero-order chi connectivity index (χ0) is 14.8. The number of hydrogen-bond acceptors (Lipinski definition) is 3. The molecule has 0 saturated carbocycles. The molecule has 1 aromatic carbocycles. The number of benzene rings is 1. The quantitative estimate of drug-likeness (QED) is 0.778. The highest BCUT2D eigenvalue weighted by atomic mass is 35.5. The summed E-state index contributed by atoms with van der Waals surface area (Å²) in [7, 11) is 0. The largest absolute Gasteiger partial charge is 0.328 e. The number of rotatable bonds is 4. The van der Waals surface area contributed by atoms with Gasteiger partial charge >= 0.3 is 0 Å². The average molecular weight is 359 g/mol. The Kier molecular flexibility index (Phi) is 5.47. The summed E-state index contributed by atoms with van der Waals surface area (Å²) in [6, 6.07) is 5.46. The summed E-state index contributed by atoms with van der Waals surface area (Å²) in [5.74, 6) is 0.832. The highest BCUT2D eigenvalue weighted by molar-refractivity contribution is 6.42. The number of nitrogens with zero attached hydrogens (tertiary/aromatic N) is 4. The Labute approximate surface area is 144 Å². The Morgan fingerprint density at radius 2 is 1.95 bits per heavy atom. The van der Waals surface area contributed by atoms with Gasteiger partial charge in [-0.1, -0.05) is 23.2 Å². The number of aromatic nitrogens is 4. The van der Waals surface area contributed by atoms with Gasteiger partial charge in [0.2, 0.25) is 0 Å². The summed E-state index contributed by atoms with van der Waals surface area (Å²) >= 11 is 12.0. The van der Waals surface area contributed by atoms with E-state index in [1.807, 2.05) is 27.6 Å². The molecule has 0 spiro atoms. The molecule has 0 atom stereocenters. The molecular weight excluding hydrogens is 345 g/mol. The van der Waals surface area contributed by atoms with Crippen molar-refractivity contribution in [3.63, 3.8) is 0 Å². The maximum Gasteiger partial charge on any atom is 0.122 e. The van der Waals surface area contributed by atoms with Crippen molar-refractivity contribution in [1.29, 1.82) is 0 Å². The van der Waals surface area contributed by atoms with Crippen LogP contribution in [0.25, 0.3) is 5.69 Å². The molecule has 0 amide bonds. The van der Waals surface area contributed by atoms with E-state index in [0.717, 1.165) is 17.2 Å². The van der Waals surface area contributed by atoms with E-state index in [0.29, 0.717) is 23.1 Å². The van der Waals surface area contributed by atoms with Crippen molar-refractivity contribution in [2.24, 2.45) is 5.73 Å². The summed E-state index contributed by atoms with van der Waals surface area (Å²) < 4.78 is 3.87. The zero-order valence-corrected chi connectivity index (χ0v) is 13.8. The molecule has 0 unspecified atom stereocenters. The van der Waals surface area contributed by atoms with E-state index >= 15 is 0 Å². The number of imidazole rings is 2. The molecular formula is C14H14Cl3N5. The van der Waals surface area contributed by atoms with E-state index < -0.39 is 0 Å². The van der Waals surface area contributed by atoms with Gasteiger partial charge in [-0.05, 0) is 18.2 Å². The van der Waals surface area contributed by atoms with Crippen molar-refractivity contribution in [2.75, 3.05) is 0 Å². The SMILES string of the molecule is Cl.NCc1nccn1Cc1cn(-c2ccc(Cl)c(Cl)c2)cn1. The third-order valence-corrected chi connectivity index (χ3v) is 3.89. The normalized spacial score (nSPS) is 10.5. The number of halogens is 3. The molecule has 22 heavy (non-hydrogen) atoms. The Morgan fingerprint density at radius 3 is 2.68 bits per heavy atom. The van der Waals surface area contributed by atoms with Crippen LogP contribution in [0, 0.1) is 0 Å². The third-order valence-electron chi connectivity index (χ3n) is 3.15. The van der Waals surface area contributed by atoms with Gasteiger partial charge in [-0.2, -0.15) is 0 Å². The molecule has 3 rings (SSSR count). The molecule has 0 aliphatic heterocycles. The zero-order valence-electron chi connectivity index (χ0n) is 11.5. The number of hydrogen-bond donors (Lipinski definition) is 1. The van der Waals surface area contributed by atoms with Gasteiger partial charge < -0.3 is 14.9 Å². The lowest BCUT2D eigenvalue weighted by Crippen LogP contribution is -2.08. The Bertz CT molecular complexity index is 765. The van der Waals surface area contributed by atoms with Crippen LogP contribution in [-0.4, -0.2) is 19.1 Å². The molecule has 8 heteroatoms. The monoisotopic (exact) mass is 357 g/mol. The second kappa shape index (κ2) is 7.15. The Balaban J connectivity index is 0.00000176. The lowest BCUT2D eigenvalue weighted by molar-refractivity contribution is 0.712. The lowest BCUT2D eigenvalue weighted by Gasteiger charge is -2.04. The van der Waals surface area contributed by atoms with Gasteiger partial charge in [-0.3, -0.25) is 0 Å². The van der Waals surface area contributed by atoms with Crippen molar-refractivity contribution >= 4 is 35.6 Å². The summed E-state index contributed by atoms with van der Waals surface area (Å²) in [6.07, 6.45) is 7.31. The Hall–Kier alpha value is -1.53. The summed E-state index contributed by atoms with van der Waals surface area (Å²) in [5, 5.41) is 1.05. The first-order valence-corrected chi connectivity index (χ1v) is 7.11. The van der Waals surface area contributed by atoms with Gasteiger partial charge in [0.05, 0.1) is 35.2 Å². The van der Waals surface area contributed by atoms with Crippen LogP contribution in [0.1, 0.15) is 11.5 Å². The predicted molar refractivity (Wildman–Crippen MR) is 90.1 cm³/mol. The van der Waals surface area contributed by atoms with Crippen LogP contribution in [0.15, 0.2) is 43.1 Å². The maximum atomic E-state index is 6.03. The van der Waals surface area contributed by atoms with Gasteiger partial charge in [0, 0.05) is 24.3 Å². The molecule has 0 aliphatic rings. The first kappa shape index (κ1) is 16.8. The molecule has 2 N–H and O–H groups in total. The van der Waals surface area contributed by atoms with Gasteiger partial charge in [-0.25, -0.2) is 9.97 Å². The molecule has 116 valence electrons. The predicted octanol–water partition coefficient (Wildman–Crippen LogP) is 3.30. The van der Waals surface area contributed by atoms with Crippen LogP contribution in [0.2, 0.25) is 10.0 Å². The van der Waals surface area contributed by atoms with Crippen molar-refractivity contribution in [2.45, 2.75) is 13.1 Å². The van der Waals surface area contributed by atoms with Crippen LogP contribution in [0.5, 0.6) is 0 Å². The van der Waals surface area contributed by atoms with Gasteiger partial charge in [0.15, 0.2) is 0 Å². The van der Waals surface area contributed by atoms with E-state index in [1.165, 1.54) is 0 Å². The van der Waals surface area contributed by atoms with Crippen LogP contribution < -0.4 is 5.73 Å². The van der Waals surface area contributed by atoms with Crippen LogP contribution in [0.4, 0.5) is 0 Å². The molecule has 2 heterocycles. The van der Waals surface area contributed by atoms with Crippen molar-refractivity contribution in [3.8, 4) is 5.69 Å². The van der Waals surface area contributed by atoms with Crippen LogP contribution in [-0.2, 0) is 13.1 Å². The first-order valence-electron chi connectivity index (χ1n) is 6.36. The van der Waals surface area contributed by atoms with E-state index in [4.69, 9.17) is 28.9 Å². The van der Waals surface area contributed by atoms with Gasteiger partial charge in [-0.15, -0.1) is 12.4 Å². The molecule has 0 fully saturated rings. The maximum absolute atomic E-state index is 6.03. The molecule has 5 nitrogen and oxygen atoms in total. The first-order chi connectivity index (χ1) is 10.2. The summed E-state index contributed by atoms with van der Waals surface area (Å²) in [5.41, 5.74) is 7.46. The molecule has 0 bridgehead atoms. The fraction of sp³-hybridized carbons (Fsp3) is 0.143. The molecule has 0 radical (unpaired) electrons. The standard InChI is InChI=1S/C14H13Cl2N5.ClH/c15-12-2-1-11(5-13(12)16)21-8-10(19-9-21)7-20-4-3-18-14(20)6-17;/h1-5,8-9H,6-7,17H2;1H. The molecule has 0 saturated heterocycles. The van der Waals surface area contributed by atoms with Gasteiger partial charge in [0.25, 0.3) is 0 Å². The Morgan fingerprint density at radius 1 is 1.14 bits per heavy atom. The van der Waals surface area contributed by atoms with Crippen LogP contribution in [0.3, 0.4) is 0 Å². The minimum absolute atomic E-state index is 0. The lowest BCUT2D eigenvalue weighted by atomic mass is 10.3. The fourth-order valence-corrected chi connectivity index (χ4v) is 2.37. The molecule has 3 aromatic rings. The van der Waals surface area contributed by atoms with E-state index in [-0.39, 0.29) is 12.4 Å². The topological polar surface area (TPSA) is 61.7 Å². The third kappa shape index (κ3) is 3.44. The van der Waals surface area contributed by atoms with E-state index in [1.54, 1.807) is 24.7 Å². The average Bonchev–Trinajstić information content (AvgIpc) is 3.11. The second-order valence-electron chi connectivity index (χ2n) is 4.55. The van der Waals surface area contributed by atoms with E-state index in [2.05, 4.69) is 9.97 Å². The highest BCUT2D eigenvalue weighted by Crippen LogP contribution is 2.24.